The van der Waals surface area contributed by atoms with Crippen LogP contribution < -0.4 is 5.73 Å². The molecule has 1 atom stereocenters. The minimum atomic E-state index is 0.0831. The van der Waals surface area contributed by atoms with Gasteiger partial charge in [-0.05, 0) is 19.9 Å². The van der Waals surface area contributed by atoms with Crippen LogP contribution in [0.25, 0.3) is 10.9 Å². The lowest BCUT2D eigenvalue weighted by molar-refractivity contribution is 0.0724. The summed E-state index contributed by atoms with van der Waals surface area (Å²) < 4.78 is 5.68. The van der Waals surface area contributed by atoms with Crippen molar-refractivity contribution in [2.75, 3.05) is 13.2 Å². The topological polar surface area (TPSA) is 51.0 Å². The molecule has 2 aromatic rings. The first-order valence-corrected chi connectivity index (χ1v) is 5.63. The van der Waals surface area contributed by atoms with Crippen molar-refractivity contribution in [2.24, 2.45) is 5.73 Å². The summed E-state index contributed by atoms with van der Waals surface area (Å²) in [6, 6.07) is 8.29. The van der Waals surface area contributed by atoms with Crippen LogP contribution in [0.4, 0.5) is 0 Å². The average Bonchev–Trinajstić information content (AvgIpc) is 2.62. The van der Waals surface area contributed by atoms with Crippen molar-refractivity contribution < 1.29 is 4.74 Å². The molecule has 0 amide bonds. The number of benzene rings is 1. The number of aromatic amines is 1. The molecule has 1 aromatic carbocycles. The Bertz CT molecular complexity index is 476. The Morgan fingerprint density at radius 2 is 2.12 bits per heavy atom. The maximum atomic E-state index is 5.68. The maximum Gasteiger partial charge on any atom is 0.0820 e. The Hall–Kier alpha value is -1.32. The summed E-state index contributed by atoms with van der Waals surface area (Å²) in [4.78, 5) is 3.37. The molecule has 1 heterocycles. The molecular weight excluding hydrogens is 200 g/mol. The zero-order valence-corrected chi connectivity index (χ0v) is 9.79. The van der Waals surface area contributed by atoms with Crippen molar-refractivity contribution in [2.45, 2.75) is 20.0 Å². The SMILES string of the molecule is Cc1[nH]c2ccccc2c1C(C)OCCN. The zero-order chi connectivity index (χ0) is 11.5. The number of aromatic nitrogens is 1. The normalized spacial score (nSPS) is 13.2. The lowest BCUT2D eigenvalue weighted by Crippen LogP contribution is -2.11. The van der Waals surface area contributed by atoms with Crippen LogP contribution in [-0.4, -0.2) is 18.1 Å². The molecule has 0 radical (unpaired) electrons. The molecule has 0 aliphatic carbocycles. The highest BCUT2D eigenvalue weighted by atomic mass is 16.5. The van der Waals surface area contributed by atoms with Gasteiger partial charge in [-0.3, -0.25) is 0 Å². The van der Waals surface area contributed by atoms with E-state index in [4.69, 9.17) is 10.5 Å². The number of hydrogen-bond acceptors (Lipinski definition) is 2. The Balaban J connectivity index is 2.38. The first kappa shape index (κ1) is 11.2. The monoisotopic (exact) mass is 218 g/mol. The predicted octanol–water partition coefficient (Wildman–Crippen LogP) is 2.51. The molecule has 0 fully saturated rings. The van der Waals surface area contributed by atoms with Gasteiger partial charge < -0.3 is 15.5 Å². The molecule has 1 aromatic heterocycles. The van der Waals surface area contributed by atoms with Crippen molar-refractivity contribution in [3.05, 3.63) is 35.5 Å². The fourth-order valence-corrected chi connectivity index (χ4v) is 2.15. The van der Waals surface area contributed by atoms with Crippen molar-refractivity contribution in [1.82, 2.24) is 4.98 Å². The van der Waals surface area contributed by atoms with E-state index in [1.54, 1.807) is 0 Å². The van der Waals surface area contributed by atoms with E-state index in [0.717, 1.165) is 5.52 Å². The van der Waals surface area contributed by atoms with E-state index < -0.39 is 0 Å². The first-order valence-electron chi connectivity index (χ1n) is 5.63. The van der Waals surface area contributed by atoms with E-state index in [2.05, 4.69) is 37.0 Å². The number of rotatable bonds is 4. The van der Waals surface area contributed by atoms with E-state index in [1.807, 2.05) is 6.07 Å². The van der Waals surface area contributed by atoms with Gasteiger partial charge in [0.25, 0.3) is 0 Å². The molecule has 1 unspecified atom stereocenters. The molecule has 3 heteroatoms. The van der Waals surface area contributed by atoms with Crippen LogP contribution in [0.5, 0.6) is 0 Å². The van der Waals surface area contributed by atoms with E-state index in [1.165, 1.54) is 16.6 Å². The molecule has 0 saturated carbocycles. The van der Waals surface area contributed by atoms with Gasteiger partial charge in [0.2, 0.25) is 0 Å². The number of H-pyrrole nitrogens is 1. The smallest absolute Gasteiger partial charge is 0.0820 e. The minimum absolute atomic E-state index is 0.0831. The molecule has 3 nitrogen and oxygen atoms in total. The highest BCUT2D eigenvalue weighted by Crippen LogP contribution is 2.29. The molecular formula is C13H18N2O. The van der Waals surface area contributed by atoms with Gasteiger partial charge >= 0.3 is 0 Å². The van der Waals surface area contributed by atoms with Crippen LogP contribution in [-0.2, 0) is 4.74 Å². The number of ether oxygens (including phenoxy) is 1. The maximum absolute atomic E-state index is 5.68. The van der Waals surface area contributed by atoms with Crippen molar-refractivity contribution >= 4 is 10.9 Å². The molecule has 3 N–H and O–H groups in total. The standard InChI is InChI=1S/C13H18N2O/c1-9-13(10(2)16-8-7-14)11-5-3-4-6-12(11)15-9/h3-6,10,15H,7-8,14H2,1-2H3. The fourth-order valence-electron chi connectivity index (χ4n) is 2.15. The predicted molar refractivity (Wildman–Crippen MR) is 66.5 cm³/mol. The number of aryl methyl sites for hydroxylation is 1. The Morgan fingerprint density at radius 3 is 2.88 bits per heavy atom. The van der Waals surface area contributed by atoms with E-state index >= 15 is 0 Å². The van der Waals surface area contributed by atoms with Crippen molar-refractivity contribution in [1.29, 1.82) is 0 Å². The molecule has 2 rings (SSSR count). The first-order chi connectivity index (χ1) is 7.74. The van der Waals surface area contributed by atoms with Gasteiger partial charge in [0.1, 0.15) is 0 Å². The molecule has 86 valence electrons. The van der Waals surface area contributed by atoms with Crippen LogP contribution >= 0.6 is 0 Å². The summed E-state index contributed by atoms with van der Waals surface area (Å²) in [6.45, 7) is 5.31. The largest absolute Gasteiger partial charge is 0.372 e. The van der Waals surface area contributed by atoms with E-state index in [0.29, 0.717) is 13.2 Å². The van der Waals surface area contributed by atoms with Crippen LogP contribution in [0.1, 0.15) is 24.3 Å². The quantitative estimate of drug-likeness (QED) is 0.828. The average molecular weight is 218 g/mol. The number of nitrogens with two attached hydrogens (primary N) is 1. The molecule has 16 heavy (non-hydrogen) atoms. The number of hydrogen-bond donors (Lipinski definition) is 2. The highest BCUT2D eigenvalue weighted by Gasteiger charge is 2.14. The lowest BCUT2D eigenvalue weighted by atomic mass is 10.1. The van der Waals surface area contributed by atoms with Crippen LogP contribution in [0.2, 0.25) is 0 Å². The van der Waals surface area contributed by atoms with Crippen molar-refractivity contribution in [3.63, 3.8) is 0 Å². The molecule has 0 spiro atoms. The third-order valence-corrected chi connectivity index (χ3v) is 2.84. The van der Waals surface area contributed by atoms with Gasteiger partial charge in [-0.2, -0.15) is 0 Å². The van der Waals surface area contributed by atoms with Gasteiger partial charge in [0.15, 0.2) is 0 Å². The van der Waals surface area contributed by atoms with E-state index in [-0.39, 0.29) is 6.10 Å². The molecule has 0 saturated heterocycles. The van der Waals surface area contributed by atoms with Crippen molar-refractivity contribution in [3.8, 4) is 0 Å². The summed E-state index contributed by atoms with van der Waals surface area (Å²) in [7, 11) is 0. The van der Waals surface area contributed by atoms with Crippen LogP contribution in [0, 0.1) is 6.92 Å². The second-order valence-electron chi connectivity index (χ2n) is 4.01. The van der Waals surface area contributed by atoms with Gasteiger partial charge in [0, 0.05) is 28.7 Å². The lowest BCUT2D eigenvalue weighted by Gasteiger charge is -2.13. The third kappa shape index (κ3) is 1.96. The minimum Gasteiger partial charge on any atom is -0.372 e. The van der Waals surface area contributed by atoms with Gasteiger partial charge in [-0.25, -0.2) is 0 Å². The molecule has 0 aliphatic heterocycles. The Labute approximate surface area is 95.6 Å². The van der Waals surface area contributed by atoms with Crippen LogP contribution in [0.3, 0.4) is 0 Å². The second kappa shape index (κ2) is 4.68. The van der Waals surface area contributed by atoms with E-state index in [9.17, 15) is 0 Å². The van der Waals surface area contributed by atoms with Gasteiger partial charge in [0.05, 0.1) is 12.7 Å². The number of para-hydroxylation sites is 1. The Morgan fingerprint density at radius 1 is 1.38 bits per heavy atom. The van der Waals surface area contributed by atoms with Gasteiger partial charge in [-0.15, -0.1) is 0 Å². The summed E-state index contributed by atoms with van der Waals surface area (Å²) in [6.07, 6.45) is 0.0831. The number of fused-ring (bicyclic) bond motifs is 1. The molecule has 0 aliphatic rings. The zero-order valence-electron chi connectivity index (χ0n) is 9.79. The highest BCUT2D eigenvalue weighted by molar-refractivity contribution is 5.84. The fraction of sp³-hybridized carbons (Fsp3) is 0.385. The number of nitrogens with one attached hydrogen (secondary N) is 1. The summed E-state index contributed by atoms with van der Waals surface area (Å²) in [5.41, 5.74) is 9.02. The summed E-state index contributed by atoms with van der Waals surface area (Å²) in [5, 5.41) is 1.24. The third-order valence-electron chi connectivity index (χ3n) is 2.84. The van der Waals surface area contributed by atoms with Gasteiger partial charge in [-0.1, -0.05) is 18.2 Å². The summed E-state index contributed by atoms with van der Waals surface area (Å²) >= 11 is 0. The second-order valence-corrected chi connectivity index (χ2v) is 4.01. The van der Waals surface area contributed by atoms with Crippen LogP contribution in [0.15, 0.2) is 24.3 Å². The molecule has 0 bridgehead atoms. The summed E-state index contributed by atoms with van der Waals surface area (Å²) in [5.74, 6) is 0. The Kier molecular flexibility index (Phi) is 3.27.